The summed E-state index contributed by atoms with van der Waals surface area (Å²) in [6, 6.07) is 19.6. The molecule has 1 amide bonds. The van der Waals surface area contributed by atoms with Gasteiger partial charge in [0, 0.05) is 5.02 Å². The van der Waals surface area contributed by atoms with Crippen LogP contribution in [0.3, 0.4) is 0 Å². The smallest absolute Gasteiger partial charge is 0.297 e. The Bertz CT molecular complexity index is 1610. The van der Waals surface area contributed by atoms with Crippen LogP contribution in [-0.2, 0) is 0 Å². The molecule has 0 saturated carbocycles. The summed E-state index contributed by atoms with van der Waals surface area (Å²) in [4.78, 5) is 33.5. The van der Waals surface area contributed by atoms with Crippen molar-refractivity contribution in [2.45, 2.75) is 13.0 Å². The molecule has 7 heteroatoms. The van der Waals surface area contributed by atoms with Crippen molar-refractivity contribution in [3.05, 3.63) is 104 Å². The molecule has 3 heterocycles. The predicted octanol–water partition coefficient (Wildman–Crippen LogP) is 6.11. The number of anilines is 1. The molecule has 3 aromatic carbocycles. The molecular weight excluding hydrogens is 444 g/mol. The minimum absolute atomic E-state index is 0.0501. The molecule has 0 N–H and O–H groups in total. The topological polar surface area (TPSA) is 63.4 Å². The van der Waals surface area contributed by atoms with Crippen LogP contribution in [0.15, 0.2) is 75.9 Å². The fourth-order valence-electron chi connectivity index (χ4n) is 4.22. The summed E-state index contributed by atoms with van der Waals surface area (Å²) in [6.45, 7) is 2.02. The summed E-state index contributed by atoms with van der Waals surface area (Å²) in [6.07, 6.45) is 0. The van der Waals surface area contributed by atoms with E-state index in [9.17, 15) is 9.59 Å². The predicted molar refractivity (Wildman–Crippen MR) is 127 cm³/mol. The number of halogens is 1. The van der Waals surface area contributed by atoms with Gasteiger partial charge < -0.3 is 4.42 Å². The standard InChI is InChI=1S/C25H15ClN2O3S/c1-13-7-9-17-19(11-13)32-25(27-17)28-21(14-5-3-2-4-6-14)20-22(29)16-12-15(26)8-10-18(16)31-23(20)24(28)30/h2-12,21H,1H3/t21-/m1/s1. The van der Waals surface area contributed by atoms with Gasteiger partial charge in [0.05, 0.1) is 27.2 Å². The van der Waals surface area contributed by atoms with Crippen LogP contribution in [0.2, 0.25) is 5.02 Å². The largest absolute Gasteiger partial charge is 0.450 e. The van der Waals surface area contributed by atoms with Gasteiger partial charge in [-0.1, -0.05) is 59.3 Å². The summed E-state index contributed by atoms with van der Waals surface area (Å²) >= 11 is 7.56. The first-order valence-corrected chi connectivity index (χ1v) is 11.2. The van der Waals surface area contributed by atoms with Gasteiger partial charge in [0.1, 0.15) is 5.58 Å². The van der Waals surface area contributed by atoms with Gasteiger partial charge in [-0.15, -0.1) is 0 Å². The molecule has 32 heavy (non-hydrogen) atoms. The first kappa shape index (κ1) is 19.2. The lowest BCUT2D eigenvalue weighted by molar-refractivity contribution is 0.0971. The Kier molecular flexibility index (Phi) is 4.22. The molecule has 156 valence electrons. The van der Waals surface area contributed by atoms with Gasteiger partial charge in [-0.25, -0.2) is 4.98 Å². The molecule has 0 bridgehead atoms. The van der Waals surface area contributed by atoms with E-state index in [1.54, 1.807) is 23.1 Å². The summed E-state index contributed by atoms with van der Waals surface area (Å²) in [5.74, 6) is -0.326. The molecule has 2 aromatic heterocycles. The van der Waals surface area contributed by atoms with Crippen LogP contribution in [0.25, 0.3) is 21.2 Å². The average Bonchev–Trinajstić information content (AvgIpc) is 3.33. The Balaban J connectivity index is 1.64. The molecule has 6 rings (SSSR count). The number of aromatic nitrogens is 1. The van der Waals surface area contributed by atoms with Crippen LogP contribution < -0.4 is 10.3 Å². The van der Waals surface area contributed by atoms with E-state index in [-0.39, 0.29) is 17.1 Å². The summed E-state index contributed by atoms with van der Waals surface area (Å²) in [5.41, 5.74) is 3.12. The van der Waals surface area contributed by atoms with Gasteiger partial charge in [0.2, 0.25) is 5.76 Å². The minimum Gasteiger partial charge on any atom is -0.450 e. The maximum absolute atomic E-state index is 13.6. The summed E-state index contributed by atoms with van der Waals surface area (Å²) in [7, 11) is 0. The molecule has 5 nitrogen and oxygen atoms in total. The zero-order valence-corrected chi connectivity index (χ0v) is 18.4. The molecule has 0 fully saturated rings. The number of aryl methyl sites for hydroxylation is 1. The first-order valence-electron chi connectivity index (χ1n) is 10.0. The second-order valence-corrected chi connectivity index (χ2v) is 9.22. The number of carbonyl (C=O) groups excluding carboxylic acids is 1. The van der Waals surface area contributed by atoms with Crippen LogP contribution in [0.5, 0.6) is 0 Å². The third-order valence-electron chi connectivity index (χ3n) is 5.69. The van der Waals surface area contributed by atoms with Gasteiger partial charge in [-0.05, 0) is 48.4 Å². The highest BCUT2D eigenvalue weighted by molar-refractivity contribution is 7.22. The Hall–Kier alpha value is -3.48. The highest BCUT2D eigenvalue weighted by Gasteiger charge is 2.44. The van der Waals surface area contributed by atoms with E-state index in [1.807, 2.05) is 55.5 Å². The normalized spacial score (nSPS) is 15.6. The lowest BCUT2D eigenvalue weighted by atomic mass is 9.99. The molecule has 0 unspecified atom stereocenters. The zero-order chi connectivity index (χ0) is 22.0. The highest BCUT2D eigenvalue weighted by atomic mass is 35.5. The van der Waals surface area contributed by atoms with E-state index in [1.165, 1.54) is 11.3 Å². The number of amides is 1. The number of nitrogens with zero attached hydrogens (tertiary/aromatic N) is 2. The minimum atomic E-state index is -0.639. The highest BCUT2D eigenvalue weighted by Crippen LogP contribution is 2.43. The van der Waals surface area contributed by atoms with E-state index in [0.717, 1.165) is 21.3 Å². The van der Waals surface area contributed by atoms with Gasteiger partial charge >= 0.3 is 0 Å². The van der Waals surface area contributed by atoms with Crippen molar-refractivity contribution in [3.8, 4) is 0 Å². The third kappa shape index (κ3) is 2.80. The van der Waals surface area contributed by atoms with E-state index < -0.39 is 6.04 Å². The first-order chi connectivity index (χ1) is 15.5. The van der Waals surface area contributed by atoms with Crippen molar-refractivity contribution in [3.63, 3.8) is 0 Å². The number of hydrogen-bond acceptors (Lipinski definition) is 5. The fourth-order valence-corrected chi connectivity index (χ4v) is 5.48. The quantitative estimate of drug-likeness (QED) is 0.320. The Labute approximate surface area is 191 Å². The summed E-state index contributed by atoms with van der Waals surface area (Å²) < 4.78 is 6.95. The van der Waals surface area contributed by atoms with Crippen molar-refractivity contribution in [1.82, 2.24) is 4.98 Å². The zero-order valence-electron chi connectivity index (χ0n) is 16.8. The number of fused-ring (bicyclic) bond motifs is 3. The average molecular weight is 459 g/mol. The van der Waals surface area contributed by atoms with Crippen molar-refractivity contribution >= 4 is 55.2 Å². The number of benzene rings is 3. The maximum Gasteiger partial charge on any atom is 0.297 e. The third-order valence-corrected chi connectivity index (χ3v) is 6.94. The molecule has 0 aliphatic carbocycles. The molecule has 1 aliphatic heterocycles. The van der Waals surface area contributed by atoms with Gasteiger partial charge in [-0.2, -0.15) is 0 Å². The molecule has 0 radical (unpaired) electrons. The number of rotatable bonds is 2. The molecule has 5 aromatic rings. The van der Waals surface area contributed by atoms with Crippen molar-refractivity contribution < 1.29 is 9.21 Å². The van der Waals surface area contributed by atoms with E-state index in [4.69, 9.17) is 21.0 Å². The maximum atomic E-state index is 13.6. The SMILES string of the molecule is Cc1ccc2nc(N3C(=O)c4oc5ccc(Cl)cc5c(=O)c4[C@H]3c3ccccc3)sc2c1. The summed E-state index contributed by atoms with van der Waals surface area (Å²) in [5, 5.41) is 1.31. The number of carbonyl (C=O) groups is 1. The van der Waals surface area contributed by atoms with Crippen LogP contribution in [0, 0.1) is 6.92 Å². The van der Waals surface area contributed by atoms with E-state index >= 15 is 0 Å². The van der Waals surface area contributed by atoms with Crippen LogP contribution in [0.4, 0.5) is 5.13 Å². The second-order valence-electron chi connectivity index (χ2n) is 7.77. The Morgan fingerprint density at radius 2 is 1.84 bits per heavy atom. The molecule has 1 atom stereocenters. The monoisotopic (exact) mass is 458 g/mol. The lowest BCUT2D eigenvalue weighted by Crippen LogP contribution is -2.29. The van der Waals surface area contributed by atoms with E-state index in [2.05, 4.69) is 0 Å². The second kappa shape index (κ2) is 7.02. The number of hydrogen-bond donors (Lipinski definition) is 0. The molecule has 1 aliphatic rings. The fraction of sp³-hybridized carbons (Fsp3) is 0.0800. The van der Waals surface area contributed by atoms with Gasteiger partial charge in [-0.3, -0.25) is 14.5 Å². The Morgan fingerprint density at radius 1 is 1.03 bits per heavy atom. The lowest BCUT2D eigenvalue weighted by Gasteiger charge is -2.22. The Morgan fingerprint density at radius 3 is 2.66 bits per heavy atom. The molecular formula is C25H15ClN2O3S. The van der Waals surface area contributed by atoms with Crippen molar-refractivity contribution in [2.24, 2.45) is 0 Å². The van der Waals surface area contributed by atoms with E-state index in [0.29, 0.717) is 26.7 Å². The van der Waals surface area contributed by atoms with Gasteiger partial charge in [0.25, 0.3) is 5.91 Å². The van der Waals surface area contributed by atoms with Crippen molar-refractivity contribution in [1.29, 1.82) is 0 Å². The number of thiazole rings is 1. The van der Waals surface area contributed by atoms with Crippen LogP contribution in [0.1, 0.15) is 33.3 Å². The van der Waals surface area contributed by atoms with Crippen LogP contribution in [-0.4, -0.2) is 10.9 Å². The molecule has 0 spiro atoms. The molecule has 0 saturated heterocycles. The van der Waals surface area contributed by atoms with Crippen molar-refractivity contribution in [2.75, 3.05) is 4.90 Å². The van der Waals surface area contributed by atoms with Crippen LogP contribution >= 0.6 is 22.9 Å². The van der Waals surface area contributed by atoms with Gasteiger partial charge in [0.15, 0.2) is 10.6 Å².